The van der Waals surface area contributed by atoms with Crippen LogP contribution in [0.5, 0.6) is 0 Å². The molecule has 2 fully saturated rings. The summed E-state index contributed by atoms with van der Waals surface area (Å²) in [7, 11) is 4.13. The van der Waals surface area contributed by atoms with Crippen LogP contribution in [0.15, 0.2) is 24.3 Å². The number of benzene rings is 1. The van der Waals surface area contributed by atoms with Crippen molar-refractivity contribution < 1.29 is 38.3 Å². The Morgan fingerprint density at radius 1 is 0.625 bits per heavy atom. The van der Waals surface area contributed by atoms with E-state index in [1.165, 1.54) is 0 Å². The number of rotatable bonds is 24. The Morgan fingerprint density at radius 3 is 1.23 bits per heavy atom. The number of piperidine rings is 2. The fourth-order valence-corrected chi connectivity index (χ4v) is 9.37. The average molecular weight is 901 g/mol. The molecule has 9 unspecified atom stereocenters. The topological polar surface area (TPSA) is 142 Å². The highest BCUT2D eigenvalue weighted by atomic mass is 16.7. The van der Waals surface area contributed by atoms with E-state index in [-0.39, 0.29) is 23.7 Å². The van der Waals surface area contributed by atoms with E-state index in [9.17, 15) is 19.2 Å². The largest absolute Gasteiger partial charge is 0.458 e. The normalized spacial score (nSPS) is 29.9. The number of hydrogen-bond acceptors (Lipinski definition) is 12. The summed E-state index contributed by atoms with van der Waals surface area (Å²) < 4.78 is 12.6. The first-order chi connectivity index (χ1) is 30.0. The summed E-state index contributed by atoms with van der Waals surface area (Å²) >= 11 is 0. The molecule has 1 aromatic rings. The van der Waals surface area contributed by atoms with Crippen molar-refractivity contribution in [2.24, 2.45) is 11.8 Å². The van der Waals surface area contributed by atoms with Crippen LogP contribution in [0.2, 0.25) is 0 Å². The fraction of sp³-hybridized carbons (Fsp3) is 0.800. The summed E-state index contributed by atoms with van der Waals surface area (Å²) in [4.78, 5) is 71.5. The number of carbonyl (C=O) groups is 4. The molecule has 1 aromatic carbocycles. The molecule has 64 heavy (non-hydrogen) atoms. The third kappa shape index (κ3) is 13.1. The van der Waals surface area contributed by atoms with Gasteiger partial charge >= 0.3 is 11.9 Å². The summed E-state index contributed by atoms with van der Waals surface area (Å²) in [5.74, 6) is -1.48. The number of esters is 2. The molecule has 10 atom stereocenters. The SMILES string of the molecule is CCN(C)CCCNC(=O)C(C)ON1C(C)(CC)CC(OC(=O)c2ccc(C(=O)OC3CC(C)(CC)N(O[C@H](C)C(=O)NCCCN(C)CC)C(C)(CC)C3C)cc2)C(C)C1(C)CC. The van der Waals surface area contributed by atoms with E-state index in [1.807, 2.05) is 10.1 Å². The van der Waals surface area contributed by atoms with Crippen LogP contribution in [0.3, 0.4) is 0 Å². The number of nitrogens with one attached hydrogen (secondary N) is 2. The van der Waals surface area contributed by atoms with E-state index in [0.717, 1.165) is 39.0 Å². The Morgan fingerprint density at radius 2 is 0.953 bits per heavy atom. The summed E-state index contributed by atoms with van der Waals surface area (Å²) in [5.41, 5.74) is -1.44. The predicted octanol–water partition coefficient (Wildman–Crippen LogP) is 7.65. The van der Waals surface area contributed by atoms with Gasteiger partial charge in [0.2, 0.25) is 0 Å². The Labute approximate surface area is 387 Å². The summed E-state index contributed by atoms with van der Waals surface area (Å²) in [6.07, 6.45) is 3.37. The van der Waals surface area contributed by atoms with Crippen LogP contribution >= 0.6 is 0 Å². The summed E-state index contributed by atoms with van der Waals surface area (Å²) in [5, 5.41) is 10.1. The van der Waals surface area contributed by atoms with Crippen LogP contribution in [0.25, 0.3) is 0 Å². The maximum absolute atomic E-state index is 13.8. The van der Waals surface area contributed by atoms with Gasteiger partial charge in [-0.25, -0.2) is 9.59 Å². The standard InChI is InChI=1S/C50H88N6O8/c1-17-47(11)33-41(35(7)49(13,19-3)55(47)63-37(9)43(57)51-29-23-31-53(15)21-5)61-45(59)39-25-27-40(28-26-39)46(60)62-42-34-48(12,18-2)56(50(14,20-4)36(42)8)64-38(10)44(58)52-30-24-32-54(16)22-6/h25-28,35-38,41-42H,17-24,29-34H2,1-16H3,(H,51,57)(H,52,58)/t35?,36?,37-,38?,41?,42?,47?,48?,49?,50?/m1/s1. The lowest BCUT2D eigenvalue weighted by Crippen LogP contribution is -2.69. The van der Waals surface area contributed by atoms with Gasteiger partial charge in [-0.15, -0.1) is 0 Å². The van der Waals surface area contributed by atoms with Crippen molar-refractivity contribution in [1.82, 2.24) is 30.6 Å². The Hall–Kier alpha value is -3.14. The molecule has 366 valence electrons. The van der Waals surface area contributed by atoms with E-state index in [1.54, 1.807) is 38.1 Å². The highest BCUT2D eigenvalue weighted by molar-refractivity contribution is 5.93. The number of carbonyl (C=O) groups excluding carboxylic acids is 4. The maximum atomic E-state index is 13.8. The van der Waals surface area contributed by atoms with Crippen molar-refractivity contribution in [3.05, 3.63) is 35.4 Å². The number of amides is 2. The monoisotopic (exact) mass is 901 g/mol. The third-order valence-corrected chi connectivity index (χ3v) is 15.5. The van der Waals surface area contributed by atoms with Crippen LogP contribution in [0, 0.1) is 11.8 Å². The lowest BCUT2D eigenvalue weighted by atomic mass is 9.69. The van der Waals surface area contributed by atoms with Gasteiger partial charge in [0, 0.05) is 59.9 Å². The van der Waals surface area contributed by atoms with Crippen LogP contribution in [0.1, 0.15) is 169 Å². The molecule has 0 aromatic heterocycles. The highest BCUT2D eigenvalue weighted by Crippen LogP contribution is 2.49. The molecule has 2 aliphatic heterocycles. The van der Waals surface area contributed by atoms with Crippen LogP contribution in [-0.4, -0.2) is 144 Å². The lowest BCUT2D eigenvalue weighted by Gasteiger charge is -2.59. The first-order valence-corrected chi connectivity index (χ1v) is 24.4. The van der Waals surface area contributed by atoms with Crippen LogP contribution in [0.4, 0.5) is 0 Å². The van der Waals surface area contributed by atoms with Crippen LogP contribution in [-0.2, 0) is 28.7 Å². The number of hydrogen-bond donors (Lipinski definition) is 2. The Bertz CT molecular complexity index is 1550. The molecule has 2 saturated heterocycles. The molecule has 2 amide bonds. The van der Waals surface area contributed by atoms with Gasteiger partial charge in [-0.2, -0.15) is 10.1 Å². The first kappa shape index (κ1) is 55.2. The second kappa shape index (κ2) is 24.1. The minimum atomic E-state index is -0.698. The predicted molar refractivity (Wildman–Crippen MR) is 254 cm³/mol. The number of ether oxygens (including phenoxy) is 2. The molecule has 14 nitrogen and oxygen atoms in total. The van der Waals surface area contributed by atoms with E-state index >= 15 is 0 Å². The van der Waals surface area contributed by atoms with Gasteiger partial charge < -0.3 is 29.9 Å². The van der Waals surface area contributed by atoms with E-state index in [2.05, 4.69) is 118 Å². The molecule has 3 rings (SSSR count). The Kier molecular flexibility index (Phi) is 20.7. The molecule has 0 aliphatic carbocycles. The summed E-state index contributed by atoms with van der Waals surface area (Å²) in [6.45, 7) is 33.7. The average Bonchev–Trinajstić information content (AvgIpc) is 3.29. The van der Waals surface area contributed by atoms with Gasteiger partial charge in [0.1, 0.15) is 12.2 Å². The second-order valence-electron chi connectivity index (χ2n) is 19.7. The van der Waals surface area contributed by atoms with E-state index in [0.29, 0.717) is 62.7 Å². The molecular weight excluding hydrogens is 813 g/mol. The van der Waals surface area contributed by atoms with Crippen molar-refractivity contribution in [3.8, 4) is 0 Å². The summed E-state index contributed by atoms with van der Waals surface area (Å²) in [6, 6.07) is 6.50. The molecule has 0 bridgehead atoms. The van der Waals surface area contributed by atoms with Crippen LogP contribution < -0.4 is 10.6 Å². The van der Waals surface area contributed by atoms with Gasteiger partial charge in [0.15, 0.2) is 12.2 Å². The highest BCUT2D eigenvalue weighted by Gasteiger charge is 2.57. The van der Waals surface area contributed by atoms with E-state index < -0.39 is 58.5 Å². The molecule has 2 N–H and O–H groups in total. The molecule has 2 aliphatic rings. The minimum Gasteiger partial charge on any atom is -0.458 e. The lowest BCUT2D eigenvalue weighted by molar-refractivity contribution is -0.328. The molecule has 0 spiro atoms. The molecular formula is C50H88N6O8. The maximum Gasteiger partial charge on any atom is 0.338 e. The van der Waals surface area contributed by atoms with Crippen molar-refractivity contribution in [2.45, 2.75) is 195 Å². The van der Waals surface area contributed by atoms with Gasteiger partial charge in [-0.1, -0.05) is 55.4 Å². The minimum absolute atomic E-state index is 0.125. The first-order valence-electron chi connectivity index (χ1n) is 24.4. The zero-order valence-corrected chi connectivity index (χ0v) is 42.7. The molecule has 0 saturated carbocycles. The van der Waals surface area contributed by atoms with Gasteiger partial charge in [0.25, 0.3) is 11.8 Å². The second-order valence-corrected chi connectivity index (χ2v) is 19.7. The molecule has 0 radical (unpaired) electrons. The Balaban J connectivity index is 1.69. The quantitative estimate of drug-likeness (QED) is 0.0778. The molecule has 2 heterocycles. The van der Waals surface area contributed by atoms with E-state index in [4.69, 9.17) is 19.1 Å². The fourth-order valence-electron chi connectivity index (χ4n) is 9.37. The number of hydroxylamine groups is 4. The van der Waals surface area contributed by atoms with Gasteiger partial charge in [-0.05, 0) is 145 Å². The third-order valence-electron chi connectivity index (χ3n) is 15.5. The van der Waals surface area contributed by atoms with Crippen molar-refractivity contribution in [2.75, 3.05) is 53.4 Å². The zero-order chi connectivity index (χ0) is 48.2. The number of nitrogens with zero attached hydrogens (tertiary/aromatic N) is 4. The van der Waals surface area contributed by atoms with Gasteiger partial charge in [-0.3, -0.25) is 19.3 Å². The smallest absolute Gasteiger partial charge is 0.338 e. The zero-order valence-electron chi connectivity index (χ0n) is 42.7. The van der Waals surface area contributed by atoms with Crippen molar-refractivity contribution >= 4 is 23.8 Å². The van der Waals surface area contributed by atoms with Gasteiger partial charge in [0.05, 0.1) is 11.1 Å². The van der Waals surface area contributed by atoms with Crippen molar-refractivity contribution in [1.29, 1.82) is 0 Å². The van der Waals surface area contributed by atoms with Crippen molar-refractivity contribution in [3.63, 3.8) is 0 Å². The molecule has 14 heteroatoms.